The molecule has 7 heteroatoms. The molecular weight excluding hydrogens is 317 g/mol. The van der Waals surface area contributed by atoms with Gasteiger partial charge in [0.1, 0.15) is 5.82 Å². The lowest BCUT2D eigenvalue weighted by atomic mass is 10.1. The van der Waals surface area contributed by atoms with Crippen molar-refractivity contribution >= 4 is 25.6 Å². The van der Waals surface area contributed by atoms with Crippen LogP contribution >= 0.6 is 10.7 Å². The average molecular weight is 334 g/mol. The molecule has 0 aromatic heterocycles. The van der Waals surface area contributed by atoms with Gasteiger partial charge in [-0.2, -0.15) is 0 Å². The molecule has 116 valence electrons. The highest BCUT2D eigenvalue weighted by atomic mass is 35.7. The van der Waals surface area contributed by atoms with E-state index in [9.17, 15) is 17.6 Å². The molecule has 0 N–H and O–H groups in total. The van der Waals surface area contributed by atoms with Crippen molar-refractivity contribution < 1.29 is 17.6 Å². The summed E-state index contributed by atoms with van der Waals surface area (Å²) < 4.78 is 36.6. The average Bonchev–Trinajstić information content (AvgIpc) is 2.78. The van der Waals surface area contributed by atoms with E-state index in [1.807, 2.05) is 13.8 Å². The Kier molecular flexibility index (Phi) is 4.58. The van der Waals surface area contributed by atoms with Crippen LogP contribution in [0.3, 0.4) is 0 Å². The maximum atomic E-state index is 13.9. The third-order valence-corrected chi connectivity index (χ3v) is 5.29. The molecule has 0 radical (unpaired) electrons. The number of carbonyl (C=O) groups excluding carboxylic acids is 1. The molecule has 4 nitrogen and oxygen atoms in total. The smallest absolute Gasteiger partial charge is 0.261 e. The number of carbonyl (C=O) groups is 1. The van der Waals surface area contributed by atoms with Crippen LogP contribution in [-0.4, -0.2) is 31.3 Å². The summed E-state index contributed by atoms with van der Waals surface area (Å²) in [7, 11) is 1.26. The molecule has 1 aliphatic heterocycles. The van der Waals surface area contributed by atoms with E-state index in [0.29, 0.717) is 0 Å². The van der Waals surface area contributed by atoms with Crippen LogP contribution in [0.4, 0.5) is 4.39 Å². The lowest BCUT2D eigenvalue weighted by Crippen LogP contribution is -2.40. The zero-order valence-corrected chi connectivity index (χ0v) is 13.4. The first-order valence-corrected chi connectivity index (χ1v) is 9.13. The van der Waals surface area contributed by atoms with E-state index in [0.717, 1.165) is 37.5 Å². The van der Waals surface area contributed by atoms with Gasteiger partial charge in [-0.25, -0.2) is 12.8 Å². The zero-order chi connectivity index (χ0) is 15.8. The van der Waals surface area contributed by atoms with Crippen LogP contribution in [-0.2, 0) is 9.05 Å². The summed E-state index contributed by atoms with van der Waals surface area (Å²) in [6.45, 7) is 3.88. The number of halogens is 2. The molecular formula is C14H17ClFNO3S. The number of amides is 1. The molecule has 0 spiro atoms. The van der Waals surface area contributed by atoms with Crippen molar-refractivity contribution in [3.8, 4) is 0 Å². The minimum Gasteiger partial charge on any atom is -0.333 e. The van der Waals surface area contributed by atoms with Crippen LogP contribution in [0, 0.1) is 5.82 Å². The molecule has 1 aromatic rings. The molecule has 21 heavy (non-hydrogen) atoms. The summed E-state index contributed by atoms with van der Waals surface area (Å²) in [5.41, 5.74) is -0.246. The van der Waals surface area contributed by atoms with Crippen LogP contribution in [0.5, 0.6) is 0 Å². The number of likely N-dealkylation sites (tertiary alicyclic amines) is 1. The number of rotatable bonds is 3. The molecule has 1 aromatic carbocycles. The highest BCUT2D eigenvalue weighted by Crippen LogP contribution is 2.29. The van der Waals surface area contributed by atoms with Crippen molar-refractivity contribution in [1.29, 1.82) is 0 Å². The molecule has 0 aliphatic carbocycles. The zero-order valence-electron chi connectivity index (χ0n) is 11.8. The molecule has 1 aliphatic rings. The Morgan fingerprint density at radius 1 is 1.43 bits per heavy atom. The van der Waals surface area contributed by atoms with Gasteiger partial charge in [-0.1, -0.05) is 6.92 Å². The molecule has 0 saturated carbocycles. The van der Waals surface area contributed by atoms with Gasteiger partial charge in [-0.15, -0.1) is 0 Å². The second kappa shape index (κ2) is 5.93. The number of benzene rings is 1. The van der Waals surface area contributed by atoms with Crippen molar-refractivity contribution in [1.82, 2.24) is 4.90 Å². The fourth-order valence-corrected chi connectivity index (χ4v) is 3.57. The van der Waals surface area contributed by atoms with E-state index in [-0.39, 0.29) is 22.5 Å². The van der Waals surface area contributed by atoms with E-state index < -0.39 is 20.8 Å². The normalized spacial score (nSPS) is 22.6. The van der Waals surface area contributed by atoms with Crippen LogP contribution in [0.25, 0.3) is 0 Å². The fraction of sp³-hybridized carbons (Fsp3) is 0.500. The van der Waals surface area contributed by atoms with E-state index in [4.69, 9.17) is 10.7 Å². The predicted octanol–water partition coefficient (Wildman–Crippen LogP) is 3.16. The third-order valence-electron chi connectivity index (χ3n) is 3.94. The van der Waals surface area contributed by atoms with Gasteiger partial charge in [0.15, 0.2) is 0 Å². The highest BCUT2D eigenvalue weighted by molar-refractivity contribution is 8.13. The summed E-state index contributed by atoms with van der Waals surface area (Å²) in [6, 6.07) is 3.10. The first kappa shape index (κ1) is 16.2. The maximum absolute atomic E-state index is 13.9. The number of nitrogens with zero attached hydrogens (tertiary/aromatic N) is 1. The van der Waals surface area contributed by atoms with Crippen molar-refractivity contribution in [3.05, 3.63) is 29.6 Å². The van der Waals surface area contributed by atoms with Crippen LogP contribution in [0.2, 0.25) is 0 Å². The molecule has 2 atom stereocenters. The molecule has 2 unspecified atom stereocenters. The van der Waals surface area contributed by atoms with Crippen LogP contribution in [0.15, 0.2) is 23.1 Å². The fourth-order valence-electron chi connectivity index (χ4n) is 2.80. The van der Waals surface area contributed by atoms with Crippen molar-refractivity contribution in [3.63, 3.8) is 0 Å². The molecule has 2 rings (SSSR count). The Labute approximate surface area is 128 Å². The topological polar surface area (TPSA) is 54.5 Å². The molecule has 1 heterocycles. The lowest BCUT2D eigenvalue weighted by Gasteiger charge is -2.28. The van der Waals surface area contributed by atoms with Gasteiger partial charge in [0.25, 0.3) is 15.0 Å². The Balaban J connectivity index is 2.43. The molecule has 0 bridgehead atoms. The van der Waals surface area contributed by atoms with Gasteiger partial charge >= 0.3 is 0 Å². The summed E-state index contributed by atoms with van der Waals surface area (Å²) in [5, 5.41) is 0. The number of hydrogen-bond acceptors (Lipinski definition) is 3. The summed E-state index contributed by atoms with van der Waals surface area (Å²) in [5.74, 6) is -1.22. The monoisotopic (exact) mass is 333 g/mol. The molecule has 1 fully saturated rings. The van der Waals surface area contributed by atoms with Gasteiger partial charge in [-0.3, -0.25) is 4.79 Å². The quantitative estimate of drug-likeness (QED) is 0.798. The van der Waals surface area contributed by atoms with Gasteiger partial charge in [-0.05, 0) is 44.4 Å². The second-order valence-electron chi connectivity index (χ2n) is 5.28. The first-order valence-electron chi connectivity index (χ1n) is 6.82. The van der Waals surface area contributed by atoms with Crippen molar-refractivity contribution in [2.75, 3.05) is 0 Å². The Morgan fingerprint density at radius 3 is 2.67 bits per heavy atom. The molecule has 1 amide bonds. The summed E-state index contributed by atoms with van der Waals surface area (Å²) in [6.07, 6.45) is 2.52. The van der Waals surface area contributed by atoms with E-state index >= 15 is 0 Å². The van der Waals surface area contributed by atoms with E-state index in [1.165, 1.54) is 0 Å². The highest BCUT2D eigenvalue weighted by Gasteiger charge is 2.35. The maximum Gasteiger partial charge on any atom is 0.261 e. The second-order valence-corrected chi connectivity index (χ2v) is 7.85. The van der Waals surface area contributed by atoms with Crippen molar-refractivity contribution in [2.45, 2.75) is 50.1 Å². The number of hydrogen-bond donors (Lipinski definition) is 0. The van der Waals surface area contributed by atoms with Gasteiger partial charge in [0.05, 0.1) is 10.5 Å². The Hall–Kier alpha value is -1.14. The van der Waals surface area contributed by atoms with Crippen LogP contribution in [0.1, 0.15) is 43.5 Å². The van der Waals surface area contributed by atoms with Gasteiger partial charge < -0.3 is 4.90 Å². The SMILES string of the molecule is CCC1CCC(C)N1C(=O)c1cc(S(=O)(=O)Cl)ccc1F. The predicted molar refractivity (Wildman–Crippen MR) is 78.4 cm³/mol. The third kappa shape index (κ3) is 3.21. The van der Waals surface area contributed by atoms with E-state index in [2.05, 4.69) is 0 Å². The standard InChI is InChI=1S/C14H17ClFNO3S/c1-3-10-5-4-9(2)17(10)14(18)12-8-11(21(15,19)20)6-7-13(12)16/h6-10H,3-5H2,1-2H3. The van der Waals surface area contributed by atoms with E-state index in [1.54, 1.807) is 4.90 Å². The Bertz CT molecular complexity index is 662. The van der Waals surface area contributed by atoms with Crippen molar-refractivity contribution in [2.24, 2.45) is 0 Å². The first-order chi connectivity index (χ1) is 9.75. The molecule has 1 saturated heterocycles. The minimum atomic E-state index is -4.00. The van der Waals surface area contributed by atoms with Crippen LogP contribution < -0.4 is 0 Å². The Morgan fingerprint density at radius 2 is 2.10 bits per heavy atom. The lowest BCUT2D eigenvalue weighted by molar-refractivity contribution is 0.0671. The minimum absolute atomic E-state index is 0.0121. The van der Waals surface area contributed by atoms with Gasteiger partial charge in [0, 0.05) is 22.8 Å². The largest absolute Gasteiger partial charge is 0.333 e. The summed E-state index contributed by atoms with van der Waals surface area (Å²) in [4.78, 5) is 13.9. The van der Waals surface area contributed by atoms with Gasteiger partial charge in [0.2, 0.25) is 0 Å². The summed E-state index contributed by atoms with van der Waals surface area (Å²) >= 11 is 0.